The van der Waals surface area contributed by atoms with E-state index in [2.05, 4.69) is 36.5 Å². The van der Waals surface area contributed by atoms with Crippen LogP contribution in [0.2, 0.25) is 0 Å². The van der Waals surface area contributed by atoms with Crippen molar-refractivity contribution in [1.82, 2.24) is 15.3 Å². The molecule has 1 saturated heterocycles. The molecule has 0 spiro atoms. The first-order valence-electron chi connectivity index (χ1n) is 10.3. The lowest BCUT2D eigenvalue weighted by atomic mass is 10.2. The summed E-state index contributed by atoms with van der Waals surface area (Å²) in [5.74, 6) is 1.08. The van der Waals surface area contributed by atoms with E-state index in [-0.39, 0.29) is 11.7 Å². The van der Waals surface area contributed by atoms with Crippen LogP contribution in [0.4, 0.5) is 21.7 Å². The lowest BCUT2D eigenvalue weighted by Gasteiger charge is -2.36. The topological polar surface area (TPSA) is 73.4 Å². The van der Waals surface area contributed by atoms with Gasteiger partial charge in [-0.1, -0.05) is 0 Å². The highest BCUT2D eigenvalue weighted by atomic mass is 19.1. The summed E-state index contributed by atoms with van der Waals surface area (Å²) in [6.45, 7) is 3.90. The minimum absolute atomic E-state index is 0.176. The second-order valence-corrected chi connectivity index (χ2v) is 7.31. The molecular formula is C23H25FN6O. The first-order valence-corrected chi connectivity index (χ1v) is 10.3. The first-order chi connectivity index (χ1) is 15.1. The highest BCUT2D eigenvalue weighted by molar-refractivity contribution is 5.98. The molecule has 0 bridgehead atoms. The molecule has 1 aliphatic rings. The Balaban J connectivity index is 1.38. The molecular weight excluding hydrogens is 395 g/mol. The van der Waals surface area contributed by atoms with Gasteiger partial charge in [0.15, 0.2) is 0 Å². The van der Waals surface area contributed by atoms with Crippen molar-refractivity contribution in [2.45, 2.75) is 6.54 Å². The fourth-order valence-corrected chi connectivity index (χ4v) is 3.64. The standard InChI is InChI=1S/C23H25FN6O/c1-25-23(31)20-3-2-9-27-22(20)28-16-17-8-10-26-21(15-17)30-13-11-29(12-14-30)19-6-4-18(24)5-7-19/h2-10,15H,11-14,16H2,1H3,(H,25,31)(H,27,28). The number of hydrogen-bond acceptors (Lipinski definition) is 6. The third-order valence-corrected chi connectivity index (χ3v) is 5.34. The number of nitrogens with zero attached hydrogens (tertiary/aromatic N) is 4. The third-order valence-electron chi connectivity index (χ3n) is 5.34. The molecule has 0 aliphatic carbocycles. The molecule has 0 saturated carbocycles. The summed E-state index contributed by atoms with van der Waals surface area (Å²) < 4.78 is 13.2. The summed E-state index contributed by atoms with van der Waals surface area (Å²) in [6, 6.07) is 14.1. The largest absolute Gasteiger partial charge is 0.368 e. The maximum Gasteiger partial charge on any atom is 0.254 e. The van der Waals surface area contributed by atoms with Gasteiger partial charge in [-0.25, -0.2) is 14.4 Å². The number of rotatable bonds is 6. The number of hydrogen-bond donors (Lipinski definition) is 2. The number of carbonyl (C=O) groups excluding carboxylic acids is 1. The molecule has 1 fully saturated rings. The summed E-state index contributed by atoms with van der Waals surface area (Å²) in [5.41, 5.74) is 2.60. The van der Waals surface area contributed by atoms with Crippen molar-refractivity contribution in [3.05, 3.63) is 77.9 Å². The maximum absolute atomic E-state index is 13.2. The van der Waals surface area contributed by atoms with Crippen LogP contribution < -0.4 is 20.4 Å². The number of anilines is 3. The van der Waals surface area contributed by atoms with Crippen LogP contribution in [0.5, 0.6) is 0 Å². The zero-order valence-electron chi connectivity index (χ0n) is 17.4. The van der Waals surface area contributed by atoms with Gasteiger partial charge >= 0.3 is 0 Å². The Morgan fingerprint density at radius 3 is 2.48 bits per heavy atom. The summed E-state index contributed by atoms with van der Waals surface area (Å²) in [6.07, 6.45) is 3.46. The molecule has 3 aromatic rings. The quantitative estimate of drug-likeness (QED) is 0.639. The number of piperazine rings is 1. The molecule has 31 heavy (non-hydrogen) atoms. The number of aromatic nitrogens is 2. The van der Waals surface area contributed by atoms with Gasteiger partial charge in [0.1, 0.15) is 17.5 Å². The van der Waals surface area contributed by atoms with E-state index in [0.717, 1.165) is 43.2 Å². The van der Waals surface area contributed by atoms with E-state index in [1.54, 1.807) is 31.6 Å². The average molecular weight is 420 g/mol. The number of amides is 1. The smallest absolute Gasteiger partial charge is 0.254 e. The fourth-order valence-electron chi connectivity index (χ4n) is 3.64. The highest BCUT2D eigenvalue weighted by Gasteiger charge is 2.19. The average Bonchev–Trinajstić information content (AvgIpc) is 2.83. The molecule has 8 heteroatoms. The predicted molar refractivity (Wildman–Crippen MR) is 120 cm³/mol. The normalized spacial score (nSPS) is 13.7. The number of pyridine rings is 2. The van der Waals surface area contributed by atoms with Crippen LogP contribution >= 0.6 is 0 Å². The van der Waals surface area contributed by atoms with Crippen LogP contribution in [0.15, 0.2) is 60.9 Å². The molecule has 3 heterocycles. The van der Waals surface area contributed by atoms with E-state index >= 15 is 0 Å². The molecule has 0 radical (unpaired) electrons. The Bertz CT molecular complexity index is 1030. The Labute approximate surface area is 180 Å². The van der Waals surface area contributed by atoms with Crippen LogP contribution in [0.1, 0.15) is 15.9 Å². The van der Waals surface area contributed by atoms with Crippen molar-refractivity contribution in [1.29, 1.82) is 0 Å². The second-order valence-electron chi connectivity index (χ2n) is 7.31. The fraction of sp³-hybridized carbons (Fsp3) is 0.261. The van der Waals surface area contributed by atoms with E-state index in [4.69, 9.17) is 0 Å². The number of carbonyl (C=O) groups is 1. The molecule has 7 nitrogen and oxygen atoms in total. The van der Waals surface area contributed by atoms with Crippen LogP contribution in [0.3, 0.4) is 0 Å². The molecule has 1 aliphatic heterocycles. The Morgan fingerprint density at radius 1 is 1.00 bits per heavy atom. The van der Waals surface area contributed by atoms with Gasteiger partial charge in [-0.15, -0.1) is 0 Å². The summed E-state index contributed by atoms with van der Waals surface area (Å²) >= 11 is 0. The summed E-state index contributed by atoms with van der Waals surface area (Å²) in [7, 11) is 1.60. The van der Waals surface area contributed by atoms with E-state index in [1.807, 2.05) is 18.2 Å². The first kappa shape index (κ1) is 20.6. The van der Waals surface area contributed by atoms with E-state index < -0.39 is 0 Å². The Kier molecular flexibility index (Phi) is 6.26. The van der Waals surface area contributed by atoms with Gasteiger partial charge in [0.2, 0.25) is 0 Å². The number of benzene rings is 1. The molecule has 2 aromatic heterocycles. The van der Waals surface area contributed by atoms with Crippen LogP contribution in [-0.2, 0) is 6.54 Å². The lowest BCUT2D eigenvalue weighted by Crippen LogP contribution is -2.46. The summed E-state index contributed by atoms with van der Waals surface area (Å²) in [4.78, 5) is 25.4. The highest BCUT2D eigenvalue weighted by Crippen LogP contribution is 2.21. The van der Waals surface area contributed by atoms with E-state index in [0.29, 0.717) is 17.9 Å². The summed E-state index contributed by atoms with van der Waals surface area (Å²) in [5, 5.41) is 5.88. The second kappa shape index (κ2) is 9.42. The predicted octanol–water partition coefficient (Wildman–Crippen LogP) is 2.91. The van der Waals surface area contributed by atoms with Gasteiger partial charge in [0.25, 0.3) is 5.91 Å². The molecule has 4 rings (SSSR count). The van der Waals surface area contributed by atoms with Gasteiger partial charge in [-0.3, -0.25) is 4.79 Å². The van der Waals surface area contributed by atoms with Crippen LogP contribution in [-0.4, -0.2) is 49.1 Å². The molecule has 160 valence electrons. The van der Waals surface area contributed by atoms with E-state index in [9.17, 15) is 9.18 Å². The van der Waals surface area contributed by atoms with Crippen molar-refractivity contribution < 1.29 is 9.18 Å². The molecule has 0 unspecified atom stereocenters. The Morgan fingerprint density at radius 2 is 1.74 bits per heavy atom. The minimum atomic E-state index is -0.217. The van der Waals surface area contributed by atoms with Crippen LogP contribution in [0.25, 0.3) is 0 Å². The van der Waals surface area contributed by atoms with Crippen molar-refractivity contribution in [3.63, 3.8) is 0 Å². The van der Waals surface area contributed by atoms with Gasteiger partial charge in [0.05, 0.1) is 5.56 Å². The SMILES string of the molecule is CNC(=O)c1cccnc1NCc1ccnc(N2CCN(c3ccc(F)cc3)CC2)c1. The van der Waals surface area contributed by atoms with Crippen molar-refractivity contribution in [2.24, 2.45) is 0 Å². The van der Waals surface area contributed by atoms with Gasteiger partial charge < -0.3 is 20.4 Å². The molecule has 1 amide bonds. The van der Waals surface area contributed by atoms with Crippen molar-refractivity contribution >= 4 is 23.2 Å². The molecule has 2 N–H and O–H groups in total. The van der Waals surface area contributed by atoms with Gasteiger partial charge in [-0.05, 0) is 54.1 Å². The third kappa shape index (κ3) is 4.91. The number of halogens is 1. The minimum Gasteiger partial charge on any atom is -0.368 e. The number of nitrogens with one attached hydrogen (secondary N) is 2. The lowest BCUT2D eigenvalue weighted by molar-refractivity contribution is 0.0963. The van der Waals surface area contributed by atoms with Gasteiger partial charge in [0, 0.05) is 57.9 Å². The monoisotopic (exact) mass is 420 g/mol. The van der Waals surface area contributed by atoms with Gasteiger partial charge in [-0.2, -0.15) is 0 Å². The maximum atomic E-state index is 13.2. The van der Waals surface area contributed by atoms with E-state index in [1.165, 1.54) is 12.1 Å². The van der Waals surface area contributed by atoms with Crippen LogP contribution in [0, 0.1) is 5.82 Å². The Hall–Kier alpha value is -3.68. The zero-order chi connectivity index (χ0) is 21.6. The molecule has 1 aromatic carbocycles. The van der Waals surface area contributed by atoms with Crippen molar-refractivity contribution in [2.75, 3.05) is 48.3 Å². The van der Waals surface area contributed by atoms with Crippen molar-refractivity contribution in [3.8, 4) is 0 Å². The molecule has 0 atom stereocenters. The zero-order valence-corrected chi connectivity index (χ0v) is 17.4.